The van der Waals surface area contributed by atoms with Gasteiger partial charge in [0.1, 0.15) is 0 Å². The van der Waals surface area contributed by atoms with Crippen LogP contribution in [0.1, 0.15) is 35.4 Å². The van der Waals surface area contributed by atoms with Crippen molar-refractivity contribution in [3.05, 3.63) is 21.9 Å². The van der Waals surface area contributed by atoms with Crippen LogP contribution in [0, 0.1) is 12.8 Å². The van der Waals surface area contributed by atoms with Gasteiger partial charge in [-0.3, -0.25) is 0 Å². The first-order valence-electron chi connectivity index (χ1n) is 5.54. The summed E-state index contributed by atoms with van der Waals surface area (Å²) in [6.45, 7) is 6.99. The summed E-state index contributed by atoms with van der Waals surface area (Å²) in [4.78, 5) is 3.01. The van der Waals surface area contributed by atoms with Gasteiger partial charge in [-0.05, 0) is 56.8 Å². The first kappa shape index (κ1) is 10.2. The molecule has 2 rings (SSSR count). The molecule has 0 radical (unpaired) electrons. The zero-order chi connectivity index (χ0) is 9.97. The summed E-state index contributed by atoms with van der Waals surface area (Å²) in [7, 11) is 0. The Balaban J connectivity index is 2.03. The summed E-state index contributed by atoms with van der Waals surface area (Å²) in [5.41, 5.74) is 0. The van der Waals surface area contributed by atoms with Crippen LogP contribution in [0.5, 0.6) is 0 Å². The van der Waals surface area contributed by atoms with Crippen molar-refractivity contribution in [1.82, 2.24) is 5.32 Å². The molecular weight excluding hydrogens is 190 g/mol. The Bertz CT molecular complexity index is 286. The molecule has 0 bridgehead atoms. The second-order valence-electron chi connectivity index (χ2n) is 4.34. The molecule has 1 aromatic heterocycles. The van der Waals surface area contributed by atoms with Gasteiger partial charge in [-0.2, -0.15) is 0 Å². The molecular formula is C12H19NS. The first-order valence-corrected chi connectivity index (χ1v) is 6.36. The molecule has 0 saturated carbocycles. The Hall–Kier alpha value is -0.340. The predicted molar refractivity (Wildman–Crippen MR) is 63.1 cm³/mol. The maximum atomic E-state index is 3.50. The van der Waals surface area contributed by atoms with Gasteiger partial charge in [0.25, 0.3) is 0 Å². The van der Waals surface area contributed by atoms with Gasteiger partial charge in [-0.15, -0.1) is 11.3 Å². The monoisotopic (exact) mass is 209 g/mol. The van der Waals surface area contributed by atoms with Crippen molar-refractivity contribution < 1.29 is 0 Å². The second-order valence-corrected chi connectivity index (χ2v) is 5.66. The van der Waals surface area contributed by atoms with E-state index in [2.05, 4.69) is 31.3 Å². The van der Waals surface area contributed by atoms with E-state index in [0.717, 1.165) is 11.8 Å². The van der Waals surface area contributed by atoms with Crippen LogP contribution in [0.15, 0.2) is 12.1 Å². The van der Waals surface area contributed by atoms with Crippen LogP contribution < -0.4 is 5.32 Å². The van der Waals surface area contributed by atoms with Crippen LogP contribution in [0.4, 0.5) is 0 Å². The van der Waals surface area contributed by atoms with E-state index in [9.17, 15) is 0 Å². The van der Waals surface area contributed by atoms with Gasteiger partial charge in [0, 0.05) is 9.75 Å². The first-order chi connectivity index (χ1) is 6.77. The average Bonchev–Trinajstić information content (AvgIpc) is 2.65. The molecule has 2 unspecified atom stereocenters. The SMILES string of the molecule is Cc1ccc(C(C)C2CCCNC2)s1. The van der Waals surface area contributed by atoms with E-state index in [4.69, 9.17) is 0 Å². The van der Waals surface area contributed by atoms with E-state index in [1.807, 2.05) is 11.3 Å². The number of rotatable bonds is 2. The van der Waals surface area contributed by atoms with Crippen LogP contribution >= 0.6 is 11.3 Å². The molecule has 1 aliphatic rings. The molecule has 1 nitrogen and oxygen atoms in total. The molecule has 0 spiro atoms. The third-order valence-electron chi connectivity index (χ3n) is 3.25. The van der Waals surface area contributed by atoms with Gasteiger partial charge in [0.05, 0.1) is 0 Å². The van der Waals surface area contributed by atoms with Crippen LogP contribution in [-0.4, -0.2) is 13.1 Å². The molecule has 2 heteroatoms. The normalized spacial score (nSPS) is 24.9. The average molecular weight is 209 g/mol. The summed E-state index contributed by atoms with van der Waals surface area (Å²) in [6, 6.07) is 4.55. The van der Waals surface area contributed by atoms with Gasteiger partial charge in [-0.1, -0.05) is 6.92 Å². The van der Waals surface area contributed by atoms with Gasteiger partial charge in [0.2, 0.25) is 0 Å². The lowest BCUT2D eigenvalue weighted by Crippen LogP contribution is -2.32. The molecule has 78 valence electrons. The lowest BCUT2D eigenvalue weighted by Gasteiger charge is -2.27. The molecule has 2 heterocycles. The van der Waals surface area contributed by atoms with E-state index >= 15 is 0 Å². The van der Waals surface area contributed by atoms with E-state index in [0.29, 0.717) is 0 Å². The number of thiophene rings is 1. The van der Waals surface area contributed by atoms with Gasteiger partial charge in [0.15, 0.2) is 0 Å². The van der Waals surface area contributed by atoms with Crippen molar-refractivity contribution >= 4 is 11.3 Å². The van der Waals surface area contributed by atoms with Crippen molar-refractivity contribution in [2.24, 2.45) is 5.92 Å². The van der Waals surface area contributed by atoms with E-state index in [1.165, 1.54) is 30.8 Å². The van der Waals surface area contributed by atoms with Crippen LogP contribution in [0.2, 0.25) is 0 Å². The van der Waals surface area contributed by atoms with Crippen LogP contribution in [0.25, 0.3) is 0 Å². The Kier molecular flexibility index (Phi) is 3.24. The molecule has 14 heavy (non-hydrogen) atoms. The molecule has 0 aliphatic carbocycles. The minimum Gasteiger partial charge on any atom is -0.316 e. The highest BCUT2D eigenvalue weighted by molar-refractivity contribution is 7.12. The third kappa shape index (κ3) is 2.18. The Morgan fingerprint density at radius 3 is 2.93 bits per heavy atom. The van der Waals surface area contributed by atoms with E-state index in [-0.39, 0.29) is 0 Å². The molecule has 1 N–H and O–H groups in total. The number of nitrogens with one attached hydrogen (secondary N) is 1. The molecule has 0 aromatic carbocycles. The van der Waals surface area contributed by atoms with Crippen LogP contribution in [0.3, 0.4) is 0 Å². The standard InChI is InChI=1S/C12H19NS/c1-9-5-6-12(14-9)10(2)11-4-3-7-13-8-11/h5-6,10-11,13H,3-4,7-8H2,1-2H3. The highest BCUT2D eigenvalue weighted by Gasteiger charge is 2.21. The Morgan fingerprint density at radius 1 is 1.50 bits per heavy atom. The number of piperidine rings is 1. The smallest absolute Gasteiger partial charge is 0.00795 e. The summed E-state index contributed by atoms with van der Waals surface area (Å²) in [6.07, 6.45) is 2.74. The van der Waals surface area contributed by atoms with E-state index < -0.39 is 0 Å². The lowest BCUT2D eigenvalue weighted by atomic mass is 9.86. The largest absolute Gasteiger partial charge is 0.316 e. The van der Waals surface area contributed by atoms with Crippen molar-refractivity contribution in [2.45, 2.75) is 32.6 Å². The minimum absolute atomic E-state index is 0.737. The van der Waals surface area contributed by atoms with E-state index in [1.54, 1.807) is 4.88 Å². The summed E-state index contributed by atoms with van der Waals surface area (Å²) in [5, 5.41) is 3.50. The van der Waals surface area contributed by atoms with Crippen molar-refractivity contribution in [3.8, 4) is 0 Å². The molecule has 1 fully saturated rings. The number of hydrogen-bond acceptors (Lipinski definition) is 2. The third-order valence-corrected chi connectivity index (χ3v) is 4.45. The maximum absolute atomic E-state index is 3.50. The highest BCUT2D eigenvalue weighted by atomic mass is 32.1. The maximum Gasteiger partial charge on any atom is 0.00795 e. The summed E-state index contributed by atoms with van der Waals surface area (Å²) >= 11 is 1.96. The Morgan fingerprint density at radius 2 is 2.36 bits per heavy atom. The minimum atomic E-state index is 0.737. The van der Waals surface area contributed by atoms with Crippen molar-refractivity contribution in [1.29, 1.82) is 0 Å². The van der Waals surface area contributed by atoms with Gasteiger partial charge >= 0.3 is 0 Å². The predicted octanol–water partition coefficient (Wildman–Crippen LogP) is 3.16. The highest BCUT2D eigenvalue weighted by Crippen LogP contribution is 2.32. The fourth-order valence-corrected chi connectivity index (χ4v) is 3.26. The van der Waals surface area contributed by atoms with Crippen molar-refractivity contribution in [2.75, 3.05) is 13.1 Å². The summed E-state index contributed by atoms with van der Waals surface area (Å²) < 4.78 is 0. The molecule has 2 atom stereocenters. The van der Waals surface area contributed by atoms with Crippen LogP contribution in [-0.2, 0) is 0 Å². The fraction of sp³-hybridized carbons (Fsp3) is 0.667. The zero-order valence-corrected chi connectivity index (χ0v) is 9.86. The Labute approximate surface area is 90.5 Å². The number of aryl methyl sites for hydroxylation is 1. The number of hydrogen-bond donors (Lipinski definition) is 1. The molecule has 1 aliphatic heterocycles. The van der Waals surface area contributed by atoms with Crippen molar-refractivity contribution in [3.63, 3.8) is 0 Å². The molecule has 0 amide bonds. The quantitative estimate of drug-likeness (QED) is 0.789. The van der Waals surface area contributed by atoms with Gasteiger partial charge in [-0.25, -0.2) is 0 Å². The molecule has 1 saturated heterocycles. The van der Waals surface area contributed by atoms with Gasteiger partial charge < -0.3 is 5.32 Å². The lowest BCUT2D eigenvalue weighted by molar-refractivity contribution is 0.337. The topological polar surface area (TPSA) is 12.0 Å². The molecule has 1 aromatic rings. The zero-order valence-electron chi connectivity index (χ0n) is 9.05. The fourth-order valence-electron chi connectivity index (χ4n) is 2.24. The summed E-state index contributed by atoms with van der Waals surface area (Å²) in [5.74, 6) is 1.59. The second kappa shape index (κ2) is 4.45.